The minimum absolute atomic E-state index is 0.0677. The number of carbonyl (C=O) groups excluding carboxylic acids is 1. The predicted molar refractivity (Wildman–Crippen MR) is 122 cm³/mol. The Morgan fingerprint density at radius 2 is 1.67 bits per heavy atom. The Morgan fingerprint density at radius 1 is 1.10 bits per heavy atom. The van der Waals surface area contributed by atoms with Crippen LogP contribution in [0.4, 0.5) is 5.69 Å². The van der Waals surface area contributed by atoms with E-state index in [-0.39, 0.29) is 18.6 Å². The highest BCUT2D eigenvalue weighted by Crippen LogP contribution is 2.24. The van der Waals surface area contributed by atoms with E-state index in [1.807, 2.05) is 24.3 Å². The van der Waals surface area contributed by atoms with E-state index < -0.39 is 22.0 Å². The SMILES string of the molecule is CC(C(=O)NCCOc1ccc(C(C)(C)C)cc1)N(c1ccc(Cl)cc1)S(C)(=O)=O. The number of ether oxygens (including phenoxy) is 1. The monoisotopic (exact) mass is 452 g/mol. The highest BCUT2D eigenvalue weighted by Gasteiger charge is 2.28. The number of hydrogen-bond donors (Lipinski definition) is 1. The van der Waals surface area contributed by atoms with Crippen LogP contribution in [0.25, 0.3) is 0 Å². The topological polar surface area (TPSA) is 75.7 Å². The fourth-order valence-electron chi connectivity index (χ4n) is 2.94. The number of hydrogen-bond acceptors (Lipinski definition) is 4. The van der Waals surface area contributed by atoms with Gasteiger partial charge in [0.25, 0.3) is 0 Å². The molecule has 1 N–H and O–H groups in total. The van der Waals surface area contributed by atoms with Gasteiger partial charge in [-0.25, -0.2) is 8.42 Å². The van der Waals surface area contributed by atoms with Crippen molar-refractivity contribution in [3.63, 3.8) is 0 Å². The lowest BCUT2D eigenvalue weighted by Gasteiger charge is -2.28. The van der Waals surface area contributed by atoms with Crippen molar-refractivity contribution in [3.05, 3.63) is 59.1 Å². The average Bonchev–Trinajstić information content (AvgIpc) is 2.65. The molecule has 0 spiro atoms. The normalized spacial score (nSPS) is 12.9. The second-order valence-corrected chi connectivity index (χ2v) is 10.4. The van der Waals surface area contributed by atoms with Crippen LogP contribution >= 0.6 is 11.6 Å². The Balaban J connectivity index is 1.93. The zero-order valence-electron chi connectivity index (χ0n) is 18.0. The van der Waals surface area contributed by atoms with E-state index in [0.717, 1.165) is 10.6 Å². The highest BCUT2D eigenvalue weighted by molar-refractivity contribution is 7.92. The molecule has 0 aliphatic heterocycles. The predicted octanol–water partition coefficient (Wildman–Crippen LogP) is 3.99. The molecule has 2 rings (SSSR count). The Labute approximate surface area is 184 Å². The Morgan fingerprint density at radius 3 is 2.17 bits per heavy atom. The van der Waals surface area contributed by atoms with Crippen molar-refractivity contribution in [3.8, 4) is 5.75 Å². The summed E-state index contributed by atoms with van der Waals surface area (Å²) >= 11 is 5.88. The van der Waals surface area contributed by atoms with Gasteiger partial charge in [0.1, 0.15) is 18.4 Å². The minimum Gasteiger partial charge on any atom is -0.492 e. The Hall–Kier alpha value is -2.25. The number of halogens is 1. The molecule has 8 heteroatoms. The van der Waals surface area contributed by atoms with Gasteiger partial charge in [-0.3, -0.25) is 9.10 Å². The largest absolute Gasteiger partial charge is 0.492 e. The number of amides is 1. The van der Waals surface area contributed by atoms with E-state index in [4.69, 9.17) is 16.3 Å². The van der Waals surface area contributed by atoms with Gasteiger partial charge in [0.15, 0.2) is 0 Å². The van der Waals surface area contributed by atoms with Gasteiger partial charge in [0.2, 0.25) is 15.9 Å². The molecule has 2 aromatic rings. The molecular weight excluding hydrogens is 424 g/mol. The van der Waals surface area contributed by atoms with Crippen molar-refractivity contribution in [2.75, 3.05) is 23.7 Å². The first-order chi connectivity index (χ1) is 13.9. The lowest BCUT2D eigenvalue weighted by atomic mass is 9.87. The van der Waals surface area contributed by atoms with Crippen LogP contribution in [0.15, 0.2) is 48.5 Å². The average molecular weight is 453 g/mol. The number of nitrogens with one attached hydrogen (secondary N) is 1. The first-order valence-electron chi connectivity index (χ1n) is 9.65. The lowest BCUT2D eigenvalue weighted by molar-refractivity contribution is -0.121. The summed E-state index contributed by atoms with van der Waals surface area (Å²) in [5.74, 6) is 0.297. The van der Waals surface area contributed by atoms with Gasteiger partial charge in [-0.15, -0.1) is 0 Å². The summed E-state index contributed by atoms with van der Waals surface area (Å²) in [6.45, 7) is 8.49. The van der Waals surface area contributed by atoms with Crippen LogP contribution in [0.5, 0.6) is 5.75 Å². The molecule has 0 aliphatic rings. The summed E-state index contributed by atoms with van der Waals surface area (Å²) in [6.07, 6.45) is 1.07. The van der Waals surface area contributed by atoms with E-state index >= 15 is 0 Å². The second-order valence-electron chi connectivity index (χ2n) is 8.13. The molecule has 0 radical (unpaired) electrons. The molecule has 164 valence electrons. The van der Waals surface area contributed by atoms with Crippen molar-refractivity contribution >= 4 is 33.2 Å². The number of rotatable bonds is 8. The molecule has 1 unspecified atom stereocenters. The van der Waals surface area contributed by atoms with Gasteiger partial charge < -0.3 is 10.1 Å². The summed E-state index contributed by atoms with van der Waals surface area (Å²) in [5, 5.41) is 3.21. The first-order valence-corrected chi connectivity index (χ1v) is 11.9. The van der Waals surface area contributed by atoms with Gasteiger partial charge in [-0.1, -0.05) is 44.5 Å². The van der Waals surface area contributed by atoms with Crippen molar-refractivity contribution in [1.29, 1.82) is 0 Å². The third kappa shape index (κ3) is 6.64. The maximum Gasteiger partial charge on any atom is 0.243 e. The summed E-state index contributed by atoms with van der Waals surface area (Å²) in [5.41, 5.74) is 1.65. The molecule has 0 saturated heterocycles. The number of nitrogens with zero attached hydrogens (tertiary/aromatic N) is 1. The summed E-state index contributed by atoms with van der Waals surface area (Å²) in [4.78, 5) is 12.5. The highest BCUT2D eigenvalue weighted by atomic mass is 35.5. The third-order valence-electron chi connectivity index (χ3n) is 4.56. The van der Waals surface area contributed by atoms with E-state index in [0.29, 0.717) is 16.5 Å². The van der Waals surface area contributed by atoms with Crippen molar-refractivity contribution in [2.24, 2.45) is 0 Å². The second kappa shape index (κ2) is 9.71. The van der Waals surface area contributed by atoms with Gasteiger partial charge in [-0.05, 0) is 54.3 Å². The number of carbonyl (C=O) groups is 1. The molecule has 6 nitrogen and oxygen atoms in total. The molecular formula is C22H29ClN2O4S. The van der Waals surface area contributed by atoms with Crippen LogP contribution in [-0.4, -0.2) is 39.8 Å². The smallest absolute Gasteiger partial charge is 0.243 e. The number of benzene rings is 2. The maximum absolute atomic E-state index is 12.5. The third-order valence-corrected chi connectivity index (χ3v) is 6.05. The quantitative estimate of drug-likeness (QED) is 0.614. The molecule has 0 saturated carbocycles. The molecule has 2 aromatic carbocycles. The standard InChI is InChI=1S/C22H29ClN2O4S/c1-16(25(30(5,27)28)19-10-8-18(23)9-11-19)21(26)24-14-15-29-20-12-6-17(7-13-20)22(2,3)4/h6-13,16H,14-15H2,1-5H3,(H,24,26). The van der Waals surface area contributed by atoms with Gasteiger partial charge in [0.05, 0.1) is 18.5 Å². The van der Waals surface area contributed by atoms with Crippen LogP contribution in [0, 0.1) is 0 Å². The zero-order chi connectivity index (χ0) is 22.5. The molecule has 0 aliphatic carbocycles. The molecule has 0 bridgehead atoms. The minimum atomic E-state index is -3.67. The fraction of sp³-hybridized carbons (Fsp3) is 0.409. The Kier molecular flexibility index (Phi) is 7.77. The molecule has 0 fully saturated rings. The number of sulfonamides is 1. The summed E-state index contributed by atoms with van der Waals surface area (Å²) in [6, 6.07) is 13.2. The van der Waals surface area contributed by atoms with Gasteiger partial charge in [-0.2, -0.15) is 0 Å². The summed E-state index contributed by atoms with van der Waals surface area (Å²) < 4.78 is 31.3. The Bertz CT molecular complexity index is 952. The fourth-order valence-corrected chi connectivity index (χ4v) is 4.24. The van der Waals surface area contributed by atoms with Gasteiger partial charge >= 0.3 is 0 Å². The van der Waals surface area contributed by atoms with Crippen molar-refractivity contribution in [1.82, 2.24) is 5.32 Å². The van der Waals surface area contributed by atoms with E-state index in [1.54, 1.807) is 24.3 Å². The maximum atomic E-state index is 12.5. The first kappa shape index (κ1) is 24.0. The van der Waals surface area contributed by atoms with E-state index in [9.17, 15) is 13.2 Å². The van der Waals surface area contributed by atoms with Crippen LogP contribution in [0.1, 0.15) is 33.3 Å². The molecule has 1 amide bonds. The van der Waals surface area contributed by atoms with E-state index in [1.165, 1.54) is 12.5 Å². The van der Waals surface area contributed by atoms with Crippen LogP contribution in [0.3, 0.4) is 0 Å². The molecule has 30 heavy (non-hydrogen) atoms. The van der Waals surface area contributed by atoms with Crippen molar-refractivity contribution in [2.45, 2.75) is 39.2 Å². The van der Waals surface area contributed by atoms with E-state index in [2.05, 4.69) is 26.1 Å². The van der Waals surface area contributed by atoms with Crippen LogP contribution in [-0.2, 0) is 20.2 Å². The molecule has 0 aromatic heterocycles. The summed E-state index contributed by atoms with van der Waals surface area (Å²) in [7, 11) is -3.67. The molecule has 1 atom stereocenters. The molecule has 0 heterocycles. The zero-order valence-corrected chi connectivity index (χ0v) is 19.5. The van der Waals surface area contributed by atoms with Crippen LogP contribution < -0.4 is 14.4 Å². The van der Waals surface area contributed by atoms with Gasteiger partial charge in [0, 0.05) is 5.02 Å². The number of anilines is 1. The lowest BCUT2D eigenvalue weighted by Crippen LogP contribution is -2.48. The van der Waals surface area contributed by atoms with Crippen LogP contribution in [0.2, 0.25) is 5.02 Å². The van der Waals surface area contributed by atoms with Crippen molar-refractivity contribution < 1.29 is 17.9 Å².